The Labute approximate surface area is 122 Å². The molecule has 1 saturated heterocycles. The third kappa shape index (κ3) is 3.97. The fraction of sp³-hybridized carbons (Fsp3) is 0.571. The lowest BCUT2D eigenvalue weighted by Crippen LogP contribution is -2.18. The highest BCUT2D eigenvalue weighted by atomic mass is 32.2. The summed E-state index contributed by atoms with van der Waals surface area (Å²) in [6.07, 6.45) is -3.31. The van der Waals surface area contributed by atoms with Crippen LogP contribution in [0, 0.1) is 12.8 Å². The van der Waals surface area contributed by atoms with Crippen LogP contribution >= 0.6 is 0 Å². The second-order valence-corrected chi connectivity index (χ2v) is 7.91. The SMILES string of the molecule is Cc1cc(C(F)(F)F)ccc1C(N)CC1CCS(=O)(=O)C1. The van der Waals surface area contributed by atoms with Crippen LogP contribution in [-0.2, 0) is 16.0 Å². The maximum absolute atomic E-state index is 12.6. The van der Waals surface area contributed by atoms with Gasteiger partial charge in [-0.1, -0.05) is 6.07 Å². The molecule has 0 saturated carbocycles. The average molecular weight is 321 g/mol. The van der Waals surface area contributed by atoms with Gasteiger partial charge in [0, 0.05) is 6.04 Å². The van der Waals surface area contributed by atoms with Crippen LogP contribution in [-0.4, -0.2) is 19.9 Å². The quantitative estimate of drug-likeness (QED) is 0.931. The van der Waals surface area contributed by atoms with E-state index >= 15 is 0 Å². The van der Waals surface area contributed by atoms with Crippen LogP contribution in [0.5, 0.6) is 0 Å². The zero-order valence-electron chi connectivity index (χ0n) is 11.7. The van der Waals surface area contributed by atoms with Crippen molar-refractivity contribution in [1.82, 2.24) is 0 Å². The predicted octanol–water partition coefficient (Wildman–Crippen LogP) is 2.84. The van der Waals surface area contributed by atoms with Crippen molar-refractivity contribution in [2.45, 2.75) is 32.0 Å². The van der Waals surface area contributed by atoms with E-state index in [0.29, 0.717) is 24.0 Å². The van der Waals surface area contributed by atoms with Gasteiger partial charge in [0.15, 0.2) is 9.84 Å². The average Bonchev–Trinajstić information content (AvgIpc) is 2.67. The van der Waals surface area contributed by atoms with Crippen molar-refractivity contribution in [3.63, 3.8) is 0 Å². The summed E-state index contributed by atoms with van der Waals surface area (Å²) in [5.74, 6) is 0.295. The smallest absolute Gasteiger partial charge is 0.324 e. The normalized spacial score (nSPS) is 23.2. The molecule has 3 nitrogen and oxygen atoms in total. The van der Waals surface area contributed by atoms with Crippen molar-refractivity contribution >= 4 is 9.84 Å². The molecule has 1 aromatic carbocycles. The van der Waals surface area contributed by atoms with Gasteiger partial charge in [-0.2, -0.15) is 13.2 Å². The van der Waals surface area contributed by atoms with Crippen molar-refractivity contribution in [2.24, 2.45) is 11.7 Å². The number of hydrogen-bond donors (Lipinski definition) is 1. The Bertz CT molecular complexity index is 626. The van der Waals surface area contributed by atoms with Crippen molar-refractivity contribution in [3.05, 3.63) is 34.9 Å². The Hall–Kier alpha value is -1.08. The van der Waals surface area contributed by atoms with Gasteiger partial charge in [0.1, 0.15) is 0 Å². The van der Waals surface area contributed by atoms with Crippen LogP contribution in [0.25, 0.3) is 0 Å². The summed E-state index contributed by atoms with van der Waals surface area (Å²) in [6, 6.07) is 3.06. The van der Waals surface area contributed by atoms with Crippen molar-refractivity contribution in [1.29, 1.82) is 0 Å². The third-order valence-electron chi connectivity index (χ3n) is 3.91. The molecule has 21 heavy (non-hydrogen) atoms. The summed E-state index contributed by atoms with van der Waals surface area (Å²) in [4.78, 5) is 0. The summed E-state index contributed by atoms with van der Waals surface area (Å²) < 4.78 is 60.7. The fourth-order valence-corrected chi connectivity index (χ4v) is 4.69. The molecule has 1 aromatic rings. The van der Waals surface area contributed by atoms with Gasteiger partial charge in [-0.25, -0.2) is 8.42 Å². The van der Waals surface area contributed by atoms with Crippen LogP contribution < -0.4 is 5.73 Å². The molecule has 2 unspecified atom stereocenters. The highest BCUT2D eigenvalue weighted by molar-refractivity contribution is 7.91. The number of sulfone groups is 1. The van der Waals surface area contributed by atoms with Crippen molar-refractivity contribution < 1.29 is 21.6 Å². The zero-order chi connectivity index (χ0) is 15.8. The van der Waals surface area contributed by atoms with E-state index in [1.165, 1.54) is 6.07 Å². The molecule has 0 radical (unpaired) electrons. The number of aryl methyl sites for hydroxylation is 1. The Kier molecular flexibility index (Phi) is 4.35. The lowest BCUT2D eigenvalue weighted by atomic mass is 9.91. The molecule has 1 aliphatic rings. The highest BCUT2D eigenvalue weighted by Gasteiger charge is 2.32. The first-order chi connectivity index (χ1) is 9.58. The molecule has 2 atom stereocenters. The van der Waals surface area contributed by atoms with E-state index in [9.17, 15) is 21.6 Å². The number of hydrogen-bond acceptors (Lipinski definition) is 3. The molecule has 0 aromatic heterocycles. The molecule has 1 aliphatic heterocycles. The largest absolute Gasteiger partial charge is 0.416 e. The molecule has 1 heterocycles. The third-order valence-corrected chi connectivity index (χ3v) is 5.75. The van der Waals surface area contributed by atoms with Gasteiger partial charge in [-0.15, -0.1) is 0 Å². The maximum atomic E-state index is 12.6. The van der Waals surface area contributed by atoms with Crippen LogP contribution in [0.3, 0.4) is 0 Å². The maximum Gasteiger partial charge on any atom is 0.416 e. The molecular formula is C14H18F3NO2S. The summed E-state index contributed by atoms with van der Waals surface area (Å²) in [5, 5.41) is 0. The van der Waals surface area contributed by atoms with Crippen LogP contribution in [0.1, 0.15) is 35.6 Å². The first-order valence-electron chi connectivity index (χ1n) is 6.72. The molecule has 0 spiro atoms. The van der Waals surface area contributed by atoms with E-state index in [4.69, 9.17) is 5.73 Å². The van der Waals surface area contributed by atoms with Gasteiger partial charge >= 0.3 is 6.18 Å². The van der Waals surface area contributed by atoms with Gasteiger partial charge in [-0.05, 0) is 48.9 Å². The van der Waals surface area contributed by atoms with E-state index in [-0.39, 0.29) is 17.4 Å². The Balaban J connectivity index is 2.11. The predicted molar refractivity (Wildman–Crippen MR) is 74.5 cm³/mol. The first kappa shape index (κ1) is 16.3. The number of alkyl halides is 3. The zero-order valence-corrected chi connectivity index (χ0v) is 12.5. The van der Waals surface area contributed by atoms with Gasteiger partial charge < -0.3 is 5.73 Å². The minimum atomic E-state index is -4.37. The van der Waals surface area contributed by atoms with E-state index in [1.807, 2.05) is 0 Å². The van der Waals surface area contributed by atoms with Crippen LogP contribution in [0.4, 0.5) is 13.2 Å². The second-order valence-electron chi connectivity index (χ2n) is 5.68. The first-order valence-corrected chi connectivity index (χ1v) is 8.54. The summed E-state index contributed by atoms with van der Waals surface area (Å²) in [5.41, 5.74) is 6.48. The van der Waals surface area contributed by atoms with E-state index in [2.05, 4.69) is 0 Å². The second kappa shape index (κ2) is 5.61. The number of benzene rings is 1. The van der Waals surface area contributed by atoms with E-state index in [1.54, 1.807) is 6.92 Å². The summed E-state index contributed by atoms with van der Waals surface area (Å²) in [6.45, 7) is 1.59. The molecule has 0 aliphatic carbocycles. The molecular weight excluding hydrogens is 303 g/mol. The van der Waals surface area contributed by atoms with Crippen molar-refractivity contribution in [2.75, 3.05) is 11.5 Å². The molecule has 2 N–H and O–H groups in total. The Morgan fingerprint density at radius 3 is 2.52 bits per heavy atom. The Morgan fingerprint density at radius 1 is 1.38 bits per heavy atom. The Morgan fingerprint density at radius 2 is 2.05 bits per heavy atom. The summed E-state index contributed by atoms with van der Waals surface area (Å²) in [7, 11) is -2.96. The standard InChI is InChI=1S/C14H18F3NO2S/c1-9-6-11(14(15,16)17)2-3-12(9)13(18)7-10-4-5-21(19,20)8-10/h2-3,6,10,13H,4-5,7-8,18H2,1H3. The summed E-state index contributed by atoms with van der Waals surface area (Å²) >= 11 is 0. The van der Waals surface area contributed by atoms with Crippen LogP contribution in [0.2, 0.25) is 0 Å². The number of halogens is 3. The monoisotopic (exact) mass is 321 g/mol. The van der Waals surface area contributed by atoms with E-state index < -0.39 is 27.6 Å². The van der Waals surface area contributed by atoms with Gasteiger partial charge in [0.25, 0.3) is 0 Å². The van der Waals surface area contributed by atoms with Crippen molar-refractivity contribution in [3.8, 4) is 0 Å². The number of rotatable bonds is 3. The molecule has 0 amide bonds. The topological polar surface area (TPSA) is 60.2 Å². The lowest BCUT2D eigenvalue weighted by Gasteiger charge is -2.19. The molecule has 7 heteroatoms. The molecule has 118 valence electrons. The molecule has 1 fully saturated rings. The van der Waals surface area contributed by atoms with Gasteiger partial charge in [0.05, 0.1) is 17.1 Å². The minimum Gasteiger partial charge on any atom is -0.324 e. The number of nitrogens with two attached hydrogens (primary N) is 1. The fourth-order valence-electron chi connectivity index (χ4n) is 2.81. The van der Waals surface area contributed by atoms with Crippen LogP contribution in [0.15, 0.2) is 18.2 Å². The highest BCUT2D eigenvalue weighted by Crippen LogP contribution is 2.33. The lowest BCUT2D eigenvalue weighted by molar-refractivity contribution is -0.137. The molecule has 2 rings (SSSR count). The van der Waals surface area contributed by atoms with Gasteiger partial charge in [0.2, 0.25) is 0 Å². The minimum absolute atomic E-state index is 0.00769. The van der Waals surface area contributed by atoms with Gasteiger partial charge in [-0.3, -0.25) is 0 Å². The molecule has 0 bridgehead atoms. The van der Waals surface area contributed by atoms with E-state index in [0.717, 1.165) is 12.1 Å².